The molecular formula is C27H24N6O. The maximum atomic E-state index is 11.4. The zero-order chi connectivity index (χ0) is 23.5. The Morgan fingerprint density at radius 3 is 2.50 bits per heavy atom. The van der Waals surface area contributed by atoms with E-state index in [2.05, 4.69) is 39.6 Å². The van der Waals surface area contributed by atoms with Gasteiger partial charge in [-0.2, -0.15) is 0 Å². The van der Waals surface area contributed by atoms with Crippen LogP contribution in [0.1, 0.15) is 32.9 Å². The Morgan fingerprint density at radius 2 is 1.62 bits per heavy atom. The molecule has 0 saturated heterocycles. The number of fused-ring (bicyclic) bond motifs is 2. The molecule has 5 rings (SSSR count). The van der Waals surface area contributed by atoms with E-state index >= 15 is 0 Å². The number of carbonyl (C=O) groups is 1. The van der Waals surface area contributed by atoms with Crippen LogP contribution in [0.2, 0.25) is 0 Å². The molecule has 34 heavy (non-hydrogen) atoms. The van der Waals surface area contributed by atoms with Gasteiger partial charge in [-0.05, 0) is 59.0 Å². The molecule has 0 atom stereocenters. The minimum absolute atomic E-state index is 0.449. The summed E-state index contributed by atoms with van der Waals surface area (Å²) < 4.78 is 0. The fraction of sp³-hybridized carbons (Fsp3) is 0.111. The second kappa shape index (κ2) is 9.25. The highest BCUT2D eigenvalue weighted by molar-refractivity contribution is 5.93. The third-order valence-corrected chi connectivity index (χ3v) is 5.79. The first-order chi connectivity index (χ1) is 16.5. The van der Waals surface area contributed by atoms with Crippen LogP contribution in [0.15, 0.2) is 79.1 Å². The molecule has 168 valence electrons. The molecular weight excluding hydrogens is 424 g/mol. The molecule has 0 aliphatic rings. The molecule has 3 heterocycles. The standard InChI is InChI=1S/C27H24N6O/c28-26-24-5-1-18(12-19(24)7-10-32-26)15-30-16-22-4-3-20-11-17(2-6-25(20)33-22)13-23-14-21(27(29)34)8-9-31-23/h1-12,14,30H,13,15-16H2,(H2,28,32)(H2,29,34). The average molecular weight is 449 g/mol. The number of anilines is 1. The van der Waals surface area contributed by atoms with Crippen molar-refractivity contribution in [3.05, 3.63) is 107 Å². The van der Waals surface area contributed by atoms with Crippen molar-refractivity contribution in [3.63, 3.8) is 0 Å². The SMILES string of the molecule is NC(=O)c1ccnc(Cc2ccc3nc(CNCc4ccc5c(N)nccc5c4)ccc3c2)c1. The molecule has 2 aromatic carbocycles. The largest absolute Gasteiger partial charge is 0.383 e. The number of nitrogens with one attached hydrogen (secondary N) is 1. The molecule has 1 amide bonds. The Morgan fingerprint density at radius 1 is 0.794 bits per heavy atom. The smallest absolute Gasteiger partial charge is 0.248 e. The summed E-state index contributed by atoms with van der Waals surface area (Å²) in [6.07, 6.45) is 3.96. The topological polar surface area (TPSA) is 120 Å². The number of hydrogen-bond acceptors (Lipinski definition) is 6. The van der Waals surface area contributed by atoms with Gasteiger partial charge in [-0.25, -0.2) is 4.98 Å². The van der Waals surface area contributed by atoms with Crippen molar-refractivity contribution in [1.29, 1.82) is 0 Å². The molecule has 0 unspecified atom stereocenters. The van der Waals surface area contributed by atoms with Gasteiger partial charge in [-0.15, -0.1) is 0 Å². The Kier molecular flexibility index (Phi) is 5.84. The van der Waals surface area contributed by atoms with E-state index in [9.17, 15) is 4.79 Å². The summed E-state index contributed by atoms with van der Waals surface area (Å²) in [7, 11) is 0. The lowest BCUT2D eigenvalue weighted by Crippen LogP contribution is -2.13. The highest BCUT2D eigenvalue weighted by atomic mass is 16.1. The van der Waals surface area contributed by atoms with E-state index in [-0.39, 0.29) is 0 Å². The van der Waals surface area contributed by atoms with Crippen LogP contribution < -0.4 is 16.8 Å². The van der Waals surface area contributed by atoms with E-state index in [0.29, 0.717) is 24.3 Å². The Bertz CT molecular complexity index is 1510. The second-order valence-corrected chi connectivity index (χ2v) is 8.26. The van der Waals surface area contributed by atoms with Gasteiger partial charge in [0.1, 0.15) is 5.82 Å². The van der Waals surface area contributed by atoms with Gasteiger partial charge < -0.3 is 16.8 Å². The molecule has 0 aliphatic heterocycles. The maximum Gasteiger partial charge on any atom is 0.248 e. The van der Waals surface area contributed by atoms with Gasteiger partial charge in [-0.1, -0.05) is 24.3 Å². The number of pyridine rings is 3. The number of nitrogens with two attached hydrogens (primary N) is 2. The van der Waals surface area contributed by atoms with Gasteiger partial charge in [-0.3, -0.25) is 14.8 Å². The van der Waals surface area contributed by atoms with Crippen LogP contribution in [0.3, 0.4) is 0 Å². The van der Waals surface area contributed by atoms with Crippen LogP contribution >= 0.6 is 0 Å². The van der Waals surface area contributed by atoms with Gasteiger partial charge in [0, 0.05) is 53.9 Å². The third kappa shape index (κ3) is 4.69. The van der Waals surface area contributed by atoms with E-state index in [1.807, 2.05) is 30.3 Å². The van der Waals surface area contributed by atoms with E-state index in [4.69, 9.17) is 16.5 Å². The van der Waals surface area contributed by atoms with Gasteiger partial charge in [0.15, 0.2) is 0 Å². The average Bonchev–Trinajstić information content (AvgIpc) is 2.84. The molecule has 5 N–H and O–H groups in total. The number of amides is 1. The summed E-state index contributed by atoms with van der Waals surface area (Å²) in [6, 6.07) is 21.8. The molecule has 7 nitrogen and oxygen atoms in total. The van der Waals surface area contributed by atoms with Crippen LogP contribution in [0.4, 0.5) is 5.82 Å². The summed E-state index contributed by atoms with van der Waals surface area (Å²) in [5.41, 5.74) is 16.8. The lowest BCUT2D eigenvalue weighted by Gasteiger charge is -2.09. The number of aromatic nitrogens is 3. The summed E-state index contributed by atoms with van der Waals surface area (Å²) in [5.74, 6) is 0.103. The molecule has 0 aliphatic carbocycles. The molecule has 0 fully saturated rings. The van der Waals surface area contributed by atoms with Crippen LogP contribution in [0.5, 0.6) is 0 Å². The minimum atomic E-state index is -0.449. The van der Waals surface area contributed by atoms with Crippen LogP contribution in [-0.2, 0) is 19.5 Å². The van der Waals surface area contributed by atoms with Crippen molar-refractivity contribution in [1.82, 2.24) is 20.3 Å². The van der Waals surface area contributed by atoms with Crippen LogP contribution in [-0.4, -0.2) is 20.9 Å². The zero-order valence-corrected chi connectivity index (χ0v) is 18.5. The van der Waals surface area contributed by atoms with Gasteiger partial charge in [0.25, 0.3) is 0 Å². The summed E-state index contributed by atoms with van der Waals surface area (Å²) in [6.45, 7) is 1.40. The Balaban J connectivity index is 1.24. The van der Waals surface area contributed by atoms with Crippen molar-refractivity contribution in [3.8, 4) is 0 Å². The monoisotopic (exact) mass is 448 g/mol. The van der Waals surface area contributed by atoms with Crippen molar-refractivity contribution in [2.24, 2.45) is 5.73 Å². The van der Waals surface area contributed by atoms with Crippen LogP contribution in [0, 0.1) is 0 Å². The van der Waals surface area contributed by atoms with E-state index in [0.717, 1.165) is 45.2 Å². The van der Waals surface area contributed by atoms with Crippen molar-refractivity contribution in [2.45, 2.75) is 19.5 Å². The number of rotatable bonds is 7. The van der Waals surface area contributed by atoms with Crippen LogP contribution in [0.25, 0.3) is 21.7 Å². The minimum Gasteiger partial charge on any atom is -0.383 e. The number of nitrogen functional groups attached to an aromatic ring is 1. The molecule has 0 radical (unpaired) electrons. The van der Waals surface area contributed by atoms with Gasteiger partial charge in [0.05, 0.1) is 11.2 Å². The number of nitrogens with zero attached hydrogens (tertiary/aromatic N) is 3. The van der Waals surface area contributed by atoms with Gasteiger partial charge >= 0.3 is 0 Å². The quantitative estimate of drug-likeness (QED) is 0.349. The number of benzene rings is 2. The van der Waals surface area contributed by atoms with Crippen molar-refractivity contribution < 1.29 is 4.79 Å². The molecule has 3 aromatic heterocycles. The lowest BCUT2D eigenvalue weighted by molar-refractivity contribution is 0.1000. The number of hydrogen-bond donors (Lipinski definition) is 3. The van der Waals surface area contributed by atoms with Crippen molar-refractivity contribution in [2.75, 3.05) is 5.73 Å². The summed E-state index contributed by atoms with van der Waals surface area (Å²) >= 11 is 0. The molecule has 0 saturated carbocycles. The molecule has 0 bridgehead atoms. The summed E-state index contributed by atoms with van der Waals surface area (Å²) in [4.78, 5) is 24.7. The van der Waals surface area contributed by atoms with E-state index in [1.165, 1.54) is 5.56 Å². The van der Waals surface area contributed by atoms with Gasteiger partial charge in [0.2, 0.25) is 5.91 Å². The van der Waals surface area contributed by atoms with Crippen molar-refractivity contribution >= 4 is 33.4 Å². The number of carbonyl (C=O) groups excluding carboxylic acids is 1. The zero-order valence-electron chi connectivity index (χ0n) is 18.5. The molecule has 0 spiro atoms. The highest BCUT2D eigenvalue weighted by Gasteiger charge is 2.06. The first-order valence-electron chi connectivity index (χ1n) is 11.0. The normalized spacial score (nSPS) is 11.2. The number of primary amides is 1. The first kappa shape index (κ1) is 21.5. The Hall–Kier alpha value is -4.36. The maximum absolute atomic E-state index is 11.4. The third-order valence-electron chi connectivity index (χ3n) is 5.79. The predicted octanol–water partition coefficient (Wildman–Crippen LogP) is 3.74. The second-order valence-electron chi connectivity index (χ2n) is 8.26. The first-order valence-corrected chi connectivity index (χ1v) is 11.0. The molecule has 5 aromatic rings. The van der Waals surface area contributed by atoms with E-state index < -0.39 is 5.91 Å². The highest BCUT2D eigenvalue weighted by Crippen LogP contribution is 2.20. The fourth-order valence-electron chi connectivity index (χ4n) is 4.06. The predicted molar refractivity (Wildman–Crippen MR) is 134 cm³/mol. The van der Waals surface area contributed by atoms with E-state index in [1.54, 1.807) is 24.5 Å². The Labute approximate surface area is 196 Å². The lowest BCUT2D eigenvalue weighted by atomic mass is 10.0. The fourth-order valence-corrected chi connectivity index (χ4v) is 4.06. The summed E-state index contributed by atoms with van der Waals surface area (Å²) in [5, 5.41) is 6.58. The molecule has 7 heteroatoms.